The molecule has 0 amide bonds. The highest BCUT2D eigenvalue weighted by molar-refractivity contribution is 6.30. The number of aryl methyl sites for hydroxylation is 2. The summed E-state index contributed by atoms with van der Waals surface area (Å²) in [7, 11) is 0. The molecule has 0 N–H and O–H groups in total. The van der Waals surface area contributed by atoms with Crippen molar-refractivity contribution in [3.05, 3.63) is 88.6 Å². The summed E-state index contributed by atoms with van der Waals surface area (Å²) >= 11 is 6.08. The van der Waals surface area contributed by atoms with Crippen LogP contribution in [-0.2, 0) is 12.8 Å². The molecule has 2 rings (SSSR count). The van der Waals surface area contributed by atoms with Crippen LogP contribution in [0.3, 0.4) is 0 Å². The van der Waals surface area contributed by atoms with Crippen LogP contribution in [0, 0.1) is 0 Å². The lowest BCUT2D eigenvalue weighted by atomic mass is 9.94. The normalized spacial score (nSPS) is 11.9. The Balaban J connectivity index is 2.32. The molecule has 0 aliphatic rings. The van der Waals surface area contributed by atoms with Gasteiger partial charge in [-0.1, -0.05) is 54.1 Å². The van der Waals surface area contributed by atoms with Crippen LogP contribution in [0.15, 0.2) is 66.3 Å². The summed E-state index contributed by atoms with van der Waals surface area (Å²) in [5, 5.41) is 0.788. The van der Waals surface area contributed by atoms with Gasteiger partial charge in [0, 0.05) is 16.9 Å². The summed E-state index contributed by atoms with van der Waals surface area (Å²) in [5.74, 6) is 0. The number of aliphatic imine (C=N–C) groups is 1. The van der Waals surface area contributed by atoms with Gasteiger partial charge in [-0.05, 0) is 74.1 Å². The van der Waals surface area contributed by atoms with Gasteiger partial charge in [0.2, 0.25) is 0 Å². The Hall–Kier alpha value is -2.12. The molecule has 0 spiro atoms. The minimum absolute atomic E-state index is 0.788. The summed E-state index contributed by atoms with van der Waals surface area (Å²) in [6, 6.07) is 14.6. The fourth-order valence-corrected chi connectivity index (χ4v) is 2.84. The molecule has 0 heterocycles. The third kappa shape index (κ3) is 4.94. The van der Waals surface area contributed by atoms with Crippen molar-refractivity contribution in [2.45, 2.75) is 33.6 Å². The number of allylic oxidation sites excluding steroid dienone is 2. The third-order valence-electron chi connectivity index (χ3n) is 3.98. The highest BCUT2D eigenvalue weighted by Gasteiger charge is 2.08. The molecular weight excluding hydrogens is 314 g/mol. The van der Waals surface area contributed by atoms with Crippen molar-refractivity contribution in [2.24, 2.45) is 4.99 Å². The Morgan fingerprint density at radius 2 is 1.92 bits per heavy atom. The third-order valence-corrected chi connectivity index (χ3v) is 4.22. The van der Waals surface area contributed by atoms with Crippen LogP contribution in [0.25, 0.3) is 5.57 Å². The molecule has 2 aromatic carbocycles. The molecular formula is C22H24ClN. The highest BCUT2D eigenvalue weighted by Crippen LogP contribution is 2.21. The topological polar surface area (TPSA) is 12.4 Å². The van der Waals surface area contributed by atoms with Gasteiger partial charge in [0.25, 0.3) is 0 Å². The zero-order valence-electron chi connectivity index (χ0n) is 14.6. The number of nitrogens with zero attached hydrogens (tertiary/aromatic N) is 1. The number of hydrogen-bond donors (Lipinski definition) is 0. The van der Waals surface area contributed by atoms with Gasteiger partial charge in [-0.25, -0.2) is 0 Å². The van der Waals surface area contributed by atoms with Crippen LogP contribution in [0.1, 0.15) is 43.0 Å². The lowest BCUT2D eigenvalue weighted by Gasteiger charge is -2.12. The number of halogens is 1. The van der Waals surface area contributed by atoms with E-state index in [0.717, 1.165) is 34.7 Å². The first-order chi connectivity index (χ1) is 11.5. The van der Waals surface area contributed by atoms with E-state index in [-0.39, 0.29) is 0 Å². The molecule has 0 aliphatic carbocycles. The van der Waals surface area contributed by atoms with E-state index in [1.54, 1.807) is 0 Å². The van der Waals surface area contributed by atoms with Crippen LogP contribution in [-0.4, -0.2) is 5.71 Å². The minimum Gasteiger partial charge on any atom is -0.261 e. The van der Waals surface area contributed by atoms with Crippen LogP contribution in [0.5, 0.6) is 0 Å². The second kappa shape index (κ2) is 8.65. The zero-order valence-corrected chi connectivity index (χ0v) is 15.4. The minimum atomic E-state index is 0.788. The second-order valence-electron chi connectivity index (χ2n) is 5.98. The summed E-state index contributed by atoms with van der Waals surface area (Å²) < 4.78 is 0. The molecule has 1 nitrogen and oxygen atoms in total. The summed E-state index contributed by atoms with van der Waals surface area (Å²) in [6.07, 6.45) is 5.69. The molecule has 0 saturated heterocycles. The van der Waals surface area contributed by atoms with E-state index in [0.29, 0.717) is 0 Å². The van der Waals surface area contributed by atoms with E-state index in [1.807, 2.05) is 44.3 Å². The maximum atomic E-state index is 6.08. The molecule has 0 saturated carbocycles. The Morgan fingerprint density at radius 3 is 2.58 bits per heavy atom. The van der Waals surface area contributed by atoms with E-state index in [9.17, 15) is 0 Å². The molecule has 0 bridgehead atoms. The standard InChI is InChI=1S/C22H24ClN/c1-5-13-24-17(4)22-15-20(16(2)3)12-11-19(22)10-9-18-7-6-8-21(23)14-18/h5-8,11-15H,2,9-10H2,1,3-4H3/b13-5-,24-17+. The Bertz CT molecular complexity index is 784. The maximum absolute atomic E-state index is 6.08. The van der Waals surface area contributed by atoms with Gasteiger partial charge in [-0.3, -0.25) is 4.99 Å². The molecule has 0 radical (unpaired) electrons. The van der Waals surface area contributed by atoms with E-state index < -0.39 is 0 Å². The first kappa shape index (κ1) is 18.2. The Labute approximate surface area is 150 Å². The highest BCUT2D eigenvalue weighted by atomic mass is 35.5. The predicted octanol–water partition coefficient (Wildman–Crippen LogP) is 6.50. The van der Waals surface area contributed by atoms with Crippen molar-refractivity contribution < 1.29 is 0 Å². The van der Waals surface area contributed by atoms with Gasteiger partial charge in [-0.15, -0.1) is 0 Å². The summed E-state index contributed by atoms with van der Waals surface area (Å²) in [6.45, 7) is 10.1. The smallest absolute Gasteiger partial charge is 0.0447 e. The molecule has 0 atom stereocenters. The Morgan fingerprint density at radius 1 is 1.12 bits per heavy atom. The van der Waals surface area contributed by atoms with Crippen molar-refractivity contribution in [1.82, 2.24) is 0 Å². The van der Waals surface area contributed by atoms with Crippen molar-refractivity contribution in [3.8, 4) is 0 Å². The van der Waals surface area contributed by atoms with Gasteiger partial charge >= 0.3 is 0 Å². The fourth-order valence-electron chi connectivity index (χ4n) is 2.62. The first-order valence-electron chi connectivity index (χ1n) is 8.20. The van der Waals surface area contributed by atoms with Crippen LogP contribution in [0.4, 0.5) is 0 Å². The molecule has 2 heteroatoms. The molecule has 0 unspecified atom stereocenters. The molecule has 124 valence electrons. The van der Waals surface area contributed by atoms with Crippen molar-refractivity contribution in [1.29, 1.82) is 0 Å². The van der Waals surface area contributed by atoms with Crippen LogP contribution >= 0.6 is 11.6 Å². The van der Waals surface area contributed by atoms with Crippen molar-refractivity contribution >= 4 is 22.9 Å². The molecule has 24 heavy (non-hydrogen) atoms. The lowest BCUT2D eigenvalue weighted by Crippen LogP contribution is -2.03. The number of rotatable bonds is 6. The molecule has 0 fully saturated rings. The Kier molecular flexibility index (Phi) is 6.57. The molecule has 2 aromatic rings. The monoisotopic (exact) mass is 337 g/mol. The van der Waals surface area contributed by atoms with Crippen molar-refractivity contribution in [2.75, 3.05) is 0 Å². The maximum Gasteiger partial charge on any atom is 0.0447 e. The van der Waals surface area contributed by atoms with E-state index in [2.05, 4.69) is 42.8 Å². The number of benzene rings is 2. The predicted molar refractivity (Wildman–Crippen MR) is 107 cm³/mol. The van der Waals surface area contributed by atoms with Gasteiger partial charge in [0.15, 0.2) is 0 Å². The van der Waals surface area contributed by atoms with E-state index >= 15 is 0 Å². The lowest BCUT2D eigenvalue weighted by molar-refractivity contribution is 0.957. The van der Waals surface area contributed by atoms with E-state index in [1.165, 1.54) is 16.7 Å². The average Bonchev–Trinajstić information content (AvgIpc) is 2.57. The second-order valence-corrected chi connectivity index (χ2v) is 6.42. The van der Waals surface area contributed by atoms with Crippen molar-refractivity contribution in [3.63, 3.8) is 0 Å². The molecule has 0 aliphatic heterocycles. The van der Waals surface area contributed by atoms with Gasteiger partial charge in [0.1, 0.15) is 0 Å². The summed E-state index contributed by atoms with van der Waals surface area (Å²) in [4.78, 5) is 4.53. The van der Waals surface area contributed by atoms with Gasteiger partial charge in [0.05, 0.1) is 0 Å². The SMILES string of the molecule is C=C(C)c1ccc(CCc2cccc(Cl)c2)c(/C(C)=N/C=C\C)c1. The fraction of sp³-hybridized carbons (Fsp3) is 0.227. The van der Waals surface area contributed by atoms with Gasteiger partial charge < -0.3 is 0 Å². The van der Waals surface area contributed by atoms with E-state index in [4.69, 9.17) is 11.6 Å². The molecule has 0 aromatic heterocycles. The van der Waals surface area contributed by atoms with Gasteiger partial charge in [-0.2, -0.15) is 0 Å². The van der Waals surface area contributed by atoms with Crippen LogP contribution in [0.2, 0.25) is 5.02 Å². The first-order valence-corrected chi connectivity index (χ1v) is 8.58. The van der Waals surface area contributed by atoms with Crippen LogP contribution < -0.4 is 0 Å². The summed E-state index contributed by atoms with van der Waals surface area (Å²) in [5.41, 5.74) is 6.99. The average molecular weight is 338 g/mol. The zero-order chi connectivity index (χ0) is 17.5. The quantitative estimate of drug-likeness (QED) is 0.533. The largest absolute Gasteiger partial charge is 0.261 e. The number of hydrogen-bond acceptors (Lipinski definition) is 1.